The van der Waals surface area contributed by atoms with Crippen molar-refractivity contribution in [3.63, 3.8) is 0 Å². The predicted octanol–water partition coefficient (Wildman–Crippen LogP) is 2.72. The normalized spacial score (nSPS) is 20.7. The average molecular weight is 377 g/mol. The molecule has 1 heterocycles. The Morgan fingerprint density at radius 3 is 2.76 bits per heavy atom. The smallest absolute Gasteiger partial charge is 0.387 e. The van der Waals surface area contributed by atoms with Crippen LogP contribution in [0.1, 0.15) is 24.8 Å². The number of carbonyl (C=O) groups is 1. The monoisotopic (exact) mass is 376 g/mol. The number of methoxy groups -OCH3 is 1. The van der Waals surface area contributed by atoms with Crippen LogP contribution in [0.2, 0.25) is 0 Å². The van der Waals surface area contributed by atoms with Gasteiger partial charge in [-0.05, 0) is 56.0 Å². The van der Waals surface area contributed by atoms with Crippen molar-refractivity contribution in [1.82, 2.24) is 10.6 Å². The molecule has 2 N–H and O–H groups in total. The van der Waals surface area contributed by atoms with Crippen LogP contribution >= 0.6 is 12.4 Å². The molecule has 1 saturated heterocycles. The van der Waals surface area contributed by atoms with Crippen molar-refractivity contribution in [2.75, 3.05) is 20.2 Å². The summed E-state index contributed by atoms with van der Waals surface area (Å²) in [5.74, 6) is 0.605. The van der Waals surface area contributed by atoms with Crippen molar-refractivity contribution < 1.29 is 23.0 Å². The van der Waals surface area contributed by atoms with Gasteiger partial charge in [-0.1, -0.05) is 0 Å². The van der Waals surface area contributed by atoms with E-state index in [0.717, 1.165) is 32.4 Å². The van der Waals surface area contributed by atoms with Crippen molar-refractivity contribution in [2.45, 2.75) is 32.4 Å². The first kappa shape index (κ1) is 19.7. The predicted molar refractivity (Wildman–Crippen MR) is 91.4 cm³/mol. The number of benzene rings is 1. The summed E-state index contributed by atoms with van der Waals surface area (Å²) in [6.45, 7) is -0.865. The molecule has 1 aromatic carbocycles. The number of hydrogen-bond donors (Lipinski definition) is 2. The molecule has 3 rings (SSSR count). The van der Waals surface area contributed by atoms with Crippen LogP contribution in [0.3, 0.4) is 0 Å². The van der Waals surface area contributed by atoms with Gasteiger partial charge in [-0.15, -0.1) is 12.4 Å². The SMILES string of the molecule is COc1ccc(OC(F)F)c(CNC(=O)C2CC23CCNCC3)c1.Cl. The van der Waals surface area contributed by atoms with Crippen molar-refractivity contribution in [2.24, 2.45) is 11.3 Å². The van der Waals surface area contributed by atoms with Crippen LogP contribution < -0.4 is 20.1 Å². The van der Waals surface area contributed by atoms with E-state index in [0.29, 0.717) is 11.3 Å². The summed E-state index contributed by atoms with van der Waals surface area (Å²) in [6, 6.07) is 4.58. The number of rotatable bonds is 6. The van der Waals surface area contributed by atoms with Gasteiger partial charge in [0.2, 0.25) is 5.91 Å². The Morgan fingerprint density at radius 2 is 2.12 bits per heavy atom. The Morgan fingerprint density at radius 1 is 1.40 bits per heavy atom. The first-order valence-electron chi connectivity index (χ1n) is 8.14. The lowest BCUT2D eigenvalue weighted by atomic mass is 9.92. The molecule has 1 saturated carbocycles. The summed E-state index contributed by atoms with van der Waals surface area (Å²) >= 11 is 0. The zero-order valence-electron chi connectivity index (χ0n) is 14.0. The van der Waals surface area contributed by atoms with E-state index in [9.17, 15) is 13.6 Å². The molecule has 2 fully saturated rings. The van der Waals surface area contributed by atoms with E-state index in [1.807, 2.05) is 0 Å². The first-order valence-corrected chi connectivity index (χ1v) is 8.14. The third-order valence-corrected chi connectivity index (χ3v) is 5.04. The van der Waals surface area contributed by atoms with E-state index < -0.39 is 6.61 Å². The Labute approximate surface area is 151 Å². The van der Waals surface area contributed by atoms with Gasteiger partial charge >= 0.3 is 6.61 Å². The largest absolute Gasteiger partial charge is 0.497 e. The van der Waals surface area contributed by atoms with Gasteiger partial charge in [-0.25, -0.2) is 0 Å². The molecular formula is C17H23ClF2N2O3. The number of nitrogens with one attached hydrogen (secondary N) is 2. The molecule has 1 aliphatic carbocycles. The third-order valence-electron chi connectivity index (χ3n) is 5.04. The minimum Gasteiger partial charge on any atom is -0.497 e. The van der Waals surface area contributed by atoms with Crippen molar-refractivity contribution in [1.29, 1.82) is 0 Å². The number of piperidine rings is 1. The molecule has 1 amide bonds. The fourth-order valence-electron chi connectivity index (χ4n) is 3.53. The van der Waals surface area contributed by atoms with Crippen LogP contribution in [0.5, 0.6) is 11.5 Å². The molecule has 1 atom stereocenters. The van der Waals surface area contributed by atoms with Crippen molar-refractivity contribution in [3.8, 4) is 11.5 Å². The van der Waals surface area contributed by atoms with E-state index in [1.165, 1.54) is 13.2 Å². The van der Waals surface area contributed by atoms with Crippen LogP contribution in [0.25, 0.3) is 0 Å². The quantitative estimate of drug-likeness (QED) is 0.801. The molecule has 0 radical (unpaired) electrons. The van der Waals surface area contributed by atoms with E-state index in [-0.39, 0.29) is 41.9 Å². The molecule has 140 valence electrons. The highest BCUT2D eigenvalue weighted by atomic mass is 35.5. The van der Waals surface area contributed by atoms with Crippen LogP contribution in [-0.2, 0) is 11.3 Å². The Bertz CT molecular complexity index is 610. The highest BCUT2D eigenvalue weighted by Crippen LogP contribution is 2.58. The lowest BCUT2D eigenvalue weighted by molar-refractivity contribution is -0.123. The van der Waals surface area contributed by atoms with Crippen LogP contribution in [0.15, 0.2) is 18.2 Å². The summed E-state index contributed by atoms with van der Waals surface area (Å²) in [7, 11) is 1.50. The van der Waals surface area contributed by atoms with E-state index >= 15 is 0 Å². The summed E-state index contributed by atoms with van der Waals surface area (Å²) in [6.07, 6.45) is 2.95. The second-order valence-electron chi connectivity index (χ2n) is 6.44. The lowest BCUT2D eigenvalue weighted by Gasteiger charge is -2.23. The van der Waals surface area contributed by atoms with E-state index in [4.69, 9.17) is 4.74 Å². The van der Waals surface area contributed by atoms with Gasteiger partial charge in [0.05, 0.1) is 7.11 Å². The Kier molecular flexibility index (Phi) is 6.46. The van der Waals surface area contributed by atoms with Crippen LogP contribution in [-0.4, -0.2) is 32.7 Å². The highest BCUT2D eigenvalue weighted by molar-refractivity contribution is 5.85. The number of amides is 1. The molecule has 2 aliphatic rings. The molecule has 1 unspecified atom stereocenters. The van der Waals surface area contributed by atoms with Gasteiger partial charge < -0.3 is 20.1 Å². The maximum Gasteiger partial charge on any atom is 0.387 e. The van der Waals surface area contributed by atoms with Gasteiger partial charge in [0.25, 0.3) is 0 Å². The molecule has 0 bridgehead atoms. The van der Waals surface area contributed by atoms with Crippen molar-refractivity contribution >= 4 is 18.3 Å². The Hall–Kier alpha value is -1.60. The number of hydrogen-bond acceptors (Lipinski definition) is 4. The maximum absolute atomic E-state index is 12.5. The summed E-state index contributed by atoms with van der Waals surface area (Å²) in [4.78, 5) is 12.4. The minimum atomic E-state index is -2.91. The maximum atomic E-state index is 12.5. The molecular weight excluding hydrogens is 354 g/mol. The lowest BCUT2D eigenvalue weighted by Crippen LogP contribution is -2.33. The summed E-state index contributed by atoms with van der Waals surface area (Å²) in [5, 5.41) is 6.16. The summed E-state index contributed by atoms with van der Waals surface area (Å²) < 4.78 is 34.6. The Balaban J connectivity index is 0.00000225. The average Bonchev–Trinajstić information content (AvgIpc) is 3.27. The molecule has 25 heavy (non-hydrogen) atoms. The molecule has 1 aromatic rings. The topological polar surface area (TPSA) is 59.6 Å². The van der Waals surface area contributed by atoms with E-state index in [2.05, 4.69) is 15.4 Å². The van der Waals surface area contributed by atoms with Gasteiger partial charge in [-0.3, -0.25) is 4.79 Å². The molecule has 1 spiro atoms. The van der Waals surface area contributed by atoms with Gasteiger partial charge in [-0.2, -0.15) is 8.78 Å². The van der Waals surface area contributed by atoms with Gasteiger partial charge in [0, 0.05) is 18.0 Å². The molecule has 0 aromatic heterocycles. The second-order valence-corrected chi connectivity index (χ2v) is 6.44. The highest BCUT2D eigenvalue weighted by Gasteiger charge is 2.57. The summed E-state index contributed by atoms with van der Waals surface area (Å²) in [5.41, 5.74) is 0.620. The fraction of sp³-hybridized carbons (Fsp3) is 0.588. The van der Waals surface area contributed by atoms with Gasteiger partial charge in [0.1, 0.15) is 11.5 Å². The zero-order chi connectivity index (χ0) is 17.2. The molecule has 1 aliphatic heterocycles. The van der Waals surface area contributed by atoms with Crippen molar-refractivity contribution in [3.05, 3.63) is 23.8 Å². The standard InChI is InChI=1S/C17H22F2N2O3.ClH/c1-23-12-2-3-14(24-16(18)19)11(8-12)10-21-15(22)13-9-17(13)4-6-20-7-5-17;/h2-3,8,13,16,20H,4-7,9-10H2,1H3,(H,21,22);1H. The first-order chi connectivity index (χ1) is 11.5. The van der Waals surface area contributed by atoms with Gasteiger partial charge in [0.15, 0.2) is 0 Å². The molecule has 5 nitrogen and oxygen atoms in total. The molecule has 8 heteroatoms. The van der Waals surface area contributed by atoms with Crippen LogP contribution in [0, 0.1) is 11.3 Å². The number of halogens is 3. The fourth-order valence-corrected chi connectivity index (χ4v) is 3.53. The minimum absolute atomic E-state index is 0. The number of carbonyl (C=O) groups excluding carboxylic acids is 1. The number of alkyl halides is 2. The van der Waals surface area contributed by atoms with Crippen LogP contribution in [0.4, 0.5) is 8.78 Å². The second kappa shape index (κ2) is 8.19. The number of ether oxygens (including phenoxy) is 2. The zero-order valence-corrected chi connectivity index (χ0v) is 14.8. The van der Waals surface area contributed by atoms with E-state index in [1.54, 1.807) is 12.1 Å². The third kappa shape index (κ3) is 4.52.